The molecular formula is C33H33Cl2N5O6. The maximum Gasteiger partial charge on any atom is 0.337 e. The van der Waals surface area contributed by atoms with E-state index < -0.39 is 24.3 Å². The van der Waals surface area contributed by atoms with Gasteiger partial charge in [-0.25, -0.2) is 9.59 Å². The minimum absolute atomic E-state index is 0.149. The Kier molecular flexibility index (Phi) is 10.4. The van der Waals surface area contributed by atoms with Crippen molar-refractivity contribution in [2.45, 2.75) is 32.7 Å². The van der Waals surface area contributed by atoms with Crippen LogP contribution in [-0.2, 0) is 16.1 Å². The number of nitrogens with one attached hydrogen (secondary N) is 3. The number of methoxy groups -OCH3 is 1. The van der Waals surface area contributed by atoms with E-state index in [1.807, 2.05) is 49.5 Å². The second-order valence-corrected chi connectivity index (χ2v) is 11.2. The Morgan fingerprint density at radius 3 is 2.70 bits per heavy atom. The molecule has 2 atom stereocenters. The number of benzene rings is 3. The highest BCUT2D eigenvalue weighted by Gasteiger charge is 2.32. The molecular weight excluding hydrogens is 633 g/mol. The van der Waals surface area contributed by atoms with E-state index in [-0.39, 0.29) is 12.2 Å². The Morgan fingerprint density at radius 1 is 1.13 bits per heavy atom. The highest BCUT2D eigenvalue weighted by molar-refractivity contribution is 6.35. The number of rotatable bonds is 12. The molecule has 0 bridgehead atoms. The fraction of sp³-hybridized carbons (Fsp3) is 0.242. The van der Waals surface area contributed by atoms with E-state index in [9.17, 15) is 14.7 Å². The largest absolute Gasteiger partial charge is 0.490 e. The van der Waals surface area contributed by atoms with Crippen LogP contribution in [-0.4, -0.2) is 54.4 Å². The van der Waals surface area contributed by atoms with Crippen molar-refractivity contribution in [2.24, 2.45) is 5.10 Å². The summed E-state index contributed by atoms with van der Waals surface area (Å²) < 4.78 is 18.6. The topological polar surface area (TPSA) is 135 Å². The van der Waals surface area contributed by atoms with Crippen molar-refractivity contribution >= 4 is 52.3 Å². The lowest BCUT2D eigenvalue weighted by Crippen LogP contribution is -2.45. The van der Waals surface area contributed by atoms with Gasteiger partial charge < -0.3 is 34.5 Å². The van der Waals surface area contributed by atoms with Crippen molar-refractivity contribution < 1.29 is 28.9 Å². The Morgan fingerprint density at radius 2 is 1.93 bits per heavy atom. The maximum atomic E-state index is 12.5. The van der Waals surface area contributed by atoms with Crippen LogP contribution in [0, 0.1) is 0 Å². The van der Waals surface area contributed by atoms with Gasteiger partial charge >= 0.3 is 12.0 Å². The first-order chi connectivity index (χ1) is 22.2. The summed E-state index contributed by atoms with van der Waals surface area (Å²) in [6.45, 7) is 4.17. The summed E-state index contributed by atoms with van der Waals surface area (Å²) in [4.78, 5) is 24.7. The molecule has 11 nitrogen and oxygen atoms in total. The van der Waals surface area contributed by atoms with Crippen molar-refractivity contribution in [3.8, 4) is 11.5 Å². The monoisotopic (exact) mass is 665 g/mol. The first-order valence-electron chi connectivity index (χ1n) is 14.4. The summed E-state index contributed by atoms with van der Waals surface area (Å²) in [6.07, 6.45) is 2.45. The van der Waals surface area contributed by atoms with E-state index in [0.29, 0.717) is 46.0 Å². The SMILES string of the molecule is CCOc1cc([C@H]2NC(=O)NC(C)=C2C(=O)OC)ccc1OC[C@@H](O)N/N=C/c1cn(Cc2ccc(Cl)cc2Cl)c2ccccc12. The number of nitrogens with zero attached hydrogens (tertiary/aromatic N) is 2. The zero-order valence-electron chi connectivity index (χ0n) is 25.3. The van der Waals surface area contributed by atoms with Gasteiger partial charge in [0, 0.05) is 45.0 Å². The van der Waals surface area contributed by atoms with E-state index in [0.717, 1.165) is 22.0 Å². The van der Waals surface area contributed by atoms with Gasteiger partial charge in [0.15, 0.2) is 17.7 Å². The standard InChI is InChI=1S/C33H33Cl2N5O6/c1-4-45-28-13-20(31-30(32(42)44-3)19(2)37-33(43)38-31)10-12-27(28)46-18-29(41)39-36-15-22-17-40(26-8-6-5-7-24(22)26)16-21-9-11-23(34)14-25(21)35/h5-15,17,29,31,39,41H,4,16,18H2,1-3H3,(H2,37,38,43)/b36-15+/t29-,31-/m1/s1. The molecule has 5 rings (SSSR count). The van der Waals surface area contributed by atoms with Crippen LogP contribution in [0.5, 0.6) is 11.5 Å². The van der Waals surface area contributed by atoms with E-state index in [1.165, 1.54) is 7.11 Å². The van der Waals surface area contributed by atoms with Crippen molar-refractivity contribution in [1.82, 2.24) is 20.6 Å². The van der Waals surface area contributed by atoms with Crippen molar-refractivity contribution in [1.29, 1.82) is 0 Å². The molecule has 46 heavy (non-hydrogen) atoms. The Hall–Kier alpha value is -4.71. The summed E-state index contributed by atoms with van der Waals surface area (Å²) in [5, 5.41) is 22.3. The van der Waals surface area contributed by atoms with Gasteiger partial charge in [-0.3, -0.25) is 5.43 Å². The van der Waals surface area contributed by atoms with E-state index in [2.05, 4.69) is 25.7 Å². The van der Waals surface area contributed by atoms with Crippen LogP contribution in [0.3, 0.4) is 0 Å². The van der Waals surface area contributed by atoms with Gasteiger partial charge in [-0.2, -0.15) is 5.10 Å². The lowest BCUT2D eigenvalue weighted by atomic mass is 9.95. The van der Waals surface area contributed by atoms with Crippen LogP contribution in [0.15, 0.2) is 83.2 Å². The zero-order chi connectivity index (χ0) is 32.8. The summed E-state index contributed by atoms with van der Waals surface area (Å²) >= 11 is 12.5. The summed E-state index contributed by atoms with van der Waals surface area (Å²) in [5.41, 5.74) is 6.71. The average Bonchev–Trinajstić information content (AvgIpc) is 3.38. The highest BCUT2D eigenvalue weighted by atomic mass is 35.5. The molecule has 0 unspecified atom stereocenters. The van der Waals surface area contributed by atoms with Crippen molar-refractivity contribution in [3.05, 3.63) is 105 Å². The Bertz CT molecular complexity index is 1820. The molecule has 4 aromatic rings. The number of hydrogen-bond acceptors (Lipinski definition) is 8. The Balaban J connectivity index is 1.26. The number of amides is 2. The normalized spacial score (nSPS) is 15.4. The van der Waals surface area contributed by atoms with Crippen LogP contribution in [0.2, 0.25) is 10.0 Å². The molecule has 1 aromatic heterocycles. The molecule has 0 fully saturated rings. The van der Waals surface area contributed by atoms with Crippen molar-refractivity contribution in [3.63, 3.8) is 0 Å². The first-order valence-corrected chi connectivity index (χ1v) is 15.2. The smallest absolute Gasteiger partial charge is 0.337 e. The third kappa shape index (κ3) is 7.39. The van der Waals surface area contributed by atoms with Gasteiger partial charge in [0.2, 0.25) is 0 Å². The van der Waals surface area contributed by atoms with Crippen LogP contribution in [0.1, 0.15) is 36.6 Å². The molecule has 2 heterocycles. The zero-order valence-corrected chi connectivity index (χ0v) is 26.9. The molecule has 0 spiro atoms. The molecule has 4 N–H and O–H groups in total. The first kappa shape index (κ1) is 32.7. The number of aliphatic hydroxyl groups is 1. The van der Waals surface area contributed by atoms with Gasteiger partial charge in [0.05, 0.1) is 31.5 Å². The lowest BCUT2D eigenvalue weighted by molar-refractivity contribution is -0.136. The number of ether oxygens (including phenoxy) is 3. The molecule has 1 aliphatic rings. The number of hydrogen-bond donors (Lipinski definition) is 4. The predicted octanol–water partition coefficient (Wildman–Crippen LogP) is 5.52. The third-order valence-corrected chi connectivity index (χ3v) is 7.86. The fourth-order valence-electron chi connectivity index (χ4n) is 5.16. The summed E-state index contributed by atoms with van der Waals surface area (Å²) in [7, 11) is 1.28. The summed E-state index contributed by atoms with van der Waals surface area (Å²) in [6, 6.07) is 17.2. The Labute approximate surface area is 275 Å². The van der Waals surface area contributed by atoms with Gasteiger partial charge in [-0.15, -0.1) is 0 Å². The molecule has 240 valence electrons. The number of aliphatic hydroxyl groups excluding tert-OH is 1. The number of fused-ring (bicyclic) bond motifs is 1. The van der Waals surface area contributed by atoms with E-state index in [4.69, 9.17) is 37.4 Å². The molecule has 1 aliphatic heterocycles. The number of urea groups is 1. The van der Waals surface area contributed by atoms with Crippen LogP contribution in [0.25, 0.3) is 10.9 Å². The number of halogens is 2. The second-order valence-electron chi connectivity index (χ2n) is 10.4. The number of carbonyl (C=O) groups is 2. The molecule has 0 saturated carbocycles. The van der Waals surface area contributed by atoms with Crippen LogP contribution in [0.4, 0.5) is 4.79 Å². The number of esters is 1. The van der Waals surface area contributed by atoms with Crippen LogP contribution < -0.4 is 25.5 Å². The average molecular weight is 667 g/mol. The van der Waals surface area contributed by atoms with Gasteiger partial charge in [-0.1, -0.05) is 53.5 Å². The maximum absolute atomic E-state index is 12.5. The molecule has 0 aliphatic carbocycles. The number of allylic oxidation sites excluding steroid dienone is 1. The highest BCUT2D eigenvalue weighted by Crippen LogP contribution is 2.35. The molecule has 13 heteroatoms. The summed E-state index contributed by atoms with van der Waals surface area (Å²) in [5.74, 6) is 0.164. The molecule has 3 aromatic carbocycles. The predicted molar refractivity (Wildman–Crippen MR) is 176 cm³/mol. The number of hydrazone groups is 1. The quantitative estimate of drug-likeness (QED) is 0.0678. The second kappa shape index (κ2) is 14.6. The van der Waals surface area contributed by atoms with Gasteiger partial charge in [-0.05, 0) is 55.3 Å². The number of carbonyl (C=O) groups excluding carboxylic acids is 2. The van der Waals surface area contributed by atoms with Gasteiger partial charge in [0.1, 0.15) is 6.61 Å². The third-order valence-electron chi connectivity index (χ3n) is 7.27. The van der Waals surface area contributed by atoms with Gasteiger partial charge in [0.25, 0.3) is 0 Å². The number of aromatic nitrogens is 1. The van der Waals surface area contributed by atoms with Crippen LogP contribution >= 0.6 is 23.2 Å². The van der Waals surface area contributed by atoms with E-state index in [1.54, 1.807) is 37.4 Å². The molecule has 0 radical (unpaired) electrons. The minimum atomic E-state index is -1.15. The van der Waals surface area contributed by atoms with Crippen molar-refractivity contribution in [2.75, 3.05) is 20.3 Å². The molecule has 2 amide bonds. The fourth-order valence-corrected chi connectivity index (χ4v) is 5.63. The minimum Gasteiger partial charge on any atom is -0.490 e. The van der Waals surface area contributed by atoms with E-state index >= 15 is 0 Å². The molecule has 0 saturated heterocycles. The lowest BCUT2D eigenvalue weighted by Gasteiger charge is -2.28. The number of para-hydroxylation sites is 1.